The van der Waals surface area contributed by atoms with Gasteiger partial charge in [-0.05, 0) is 66.4 Å². The summed E-state index contributed by atoms with van der Waals surface area (Å²) in [4.78, 5) is 0. The molecule has 5 heteroatoms. The summed E-state index contributed by atoms with van der Waals surface area (Å²) in [5.74, 6) is 0.511. The first-order chi connectivity index (χ1) is 12.9. The predicted octanol–water partition coefficient (Wildman–Crippen LogP) is 7.56. The standard InChI is InChI=1S/C22H20BrCl2NO/c1-14-3-4-15(2)21(9-14)26-12-17-10-19(24)22(20(25)11-17)27-13-16-5-7-18(23)8-6-16/h3-11,26H,12-13H2,1-2H3. The van der Waals surface area contributed by atoms with Crippen molar-refractivity contribution in [1.29, 1.82) is 0 Å². The van der Waals surface area contributed by atoms with Gasteiger partial charge in [-0.1, -0.05) is 63.4 Å². The Bertz CT molecular complexity index is 919. The third kappa shape index (κ3) is 5.41. The van der Waals surface area contributed by atoms with Gasteiger partial charge in [-0.3, -0.25) is 0 Å². The quantitative estimate of drug-likeness (QED) is 0.406. The summed E-state index contributed by atoms with van der Waals surface area (Å²) >= 11 is 16.3. The van der Waals surface area contributed by atoms with E-state index in [4.69, 9.17) is 27.9 Å². The van der Waals surface area contributed by atoms with Gasteiger partial charge in [0, 0.05) is 16.7 Å². The van der Waals surface area contributed by atoms with E-state index in [1.54, 1.807) is 0 Å². The molecule has 3 aromatic rings. The maximum Gasteiger partial charge on any atom is 0.156 e. The van der Waals surface area contributed by atoms with Crippen LogP contribution >= 0.6 is 39.1 Å². The summed E-state index contributed by atoms with van der Waals surface area (Å²) in [6.07, 6.45) is 0. The molecular formula is C22H20BrCl2NO. The molecule has 0 heterocycles. The molecule has 0 fully saturated rings. The number of halogens is 3. The largest absolute Gasteiger partial charge is 0.486 e. The predicted molar refractivity (Wildman–Crippen MR) is 118 cm³/mol. The fourth-order valence-electron chi connectivity index (χ4n) is 2.71. The van der Waals surface area contributed by atoms with Gasteiger partial charge in [0.25, 0.3) is 0 Å². The Kier molecular flexibility index (Phi) is 6.69. The Morgan fingerprint density at radius 1 is 0.889 bits per heavy atom. The molecule has 3 rings (SSSR count). The fraction of sp³-hybridized carbons (Fsp3) is 0.182. The van der Waals surface area contributed by atoms with Crippen molar-refractivity contribution in [2.24, 2.45) is 0 Å². The van der Waals surface area contributed by atoms with E-state index in [0.717, 1.165) is 21.3 Å². The van der Waals surface area contributed by atoms with E-state index in [0.29, 0.717) is 28.9 Å². The van der Waals surface area contributed by atoms with Crippen molar-refractivity contribution in [1.82, 2.24) is 0 Å². The van der Waals surface area contributed by atoms with Gasteiger partial charge < -0.3 is 10.1 Å². The Morgan fingerprint density at radius 3 is 2.22 bits per heavy atom. The van der Waals surface area contributed by atoms with Crippen LogP contribution in [0.3, 0.4) is 0 Å². The van der Waals surface area contributed by atoms with Crippen molar-refractivity contribution in [3.8, 4) is 5.75 Å². The molecule has 2 nitrogen and oxygen atoms in total. The summed E-state index contributed by atoms with van der Waals surface area (Å²) < 4.78 is 6.88. The lowest BCUT2D eigenvalue weighted by Crippen LogP contribution is -2.02. The number of nitrogens with one attached hydrogen (secondary N) is 1. The lowest BCUT2D eigenvalue weighted by molar-refractivity contribution is 0.306. The minimum absolute atomic E-state index is 0.410. The topological polar surface area (TPSA) is 21.3 Å². The molecule has 140 valence electrons. The summed E-state index contributed by atoms with van der Waals surface area (Å²) in [6.45, 7) is 5.21. The molecule has 0 bridgehead atoms. The zero-order valence-corrected chi connectivity index (χ0v) is 18.3. The van der Waals surface area contributed by atoms with Crippen LogP contribution in [-0.2, 0) is 13.2 Å². The maximum absolute atomic E-state index is 6.42. The van der Waals surface area contributed by atoms with Crippen LogP contribution in [0.1, 0.15) is 22.3 Å². The Balaban J connectivity index is 1.68. The van der Waals surface area contributed by atoms with E-state index in [1.165, 1.54) is 11.1 Å². The monoisotopic (exact) mass is 463 g/mol. The first-order valence-electron chi connectivity index (χ1n) is 8.58. The zero-order chi connectivity index (χ0) is 19.4. The zero-order valence-electron chi connectivity index (χ0n) is 15.2. The molecule has 0 unspecified atom stereocenters. The number of ether oxygens (including phenoxy) is 1. The fourth-order valence-corrected chi connectivity index (χ4v) is 3.62. The van der Waals surface area contributed by atoms with E-state index < -0.39 is 0 Å². The van der Waals surface area contributed by atoms with Crippen LogP contribution in [0.25, 0.3) is 0 Å². The second-order valence-electron chi connectivity index (χ2n) is 6.48. The summed E-state index contributed by atoms with van der Waals surface area (Å²) in [5, 5.41) is 4.47. The van der Waals surface area contributed by atoms with Crippen molar-refractivity contribution in [3.05, 3.63) is 91.4 Å². The van der Waals surface area contributed by atoms with Crippen LogP contribution in [-0.4, -0.2) is 0 Å². The molecule has 1 N–H and O–H groups in total. The molecule has 0 radical (unpaired) electrons. The Hall–Kier alpha value is -1.68. The molecule has 0 aliphatic rings. The molecule has 0 aliphatic carbocycles. The van der Waals surface area contributed by atoms with E-state index >= 15 is 0 Å². The van der Waals surface area contributed by atoms with Crippen molar-refractivity contribution < 1.29 is 4.74 Å². The van der Waals surface area contributed by atoms with Gasteiger partial charge in [0.2, 0.25) is 0 Å². The van der Waals surface area contributed by atoms with Crippen LogP contribution in [0.2, 0.25) is 10.0 Å². The smallest absolute Gasteiger partial charge is 0.156 e. The van der Waals surface area contributed by atoms with Gasteiger partial charge in [-0.25, -0.2) is 0 Å². The number of hydrogen-bond donors (Lipinski definition) is 1. The van der Waals surface area contributed by atoms with Crippen LogP contribution in [0.4, 0.5) is 5.69 Å². The minimum Gasteiger partial charge on any atom is -0.486 e. The maximum atomic E-state index is 6.42. The SMILES string of the molecule is Cc1ccc(C)c(NCc2cc(Cl)c(OCc3ccc(Br)cc3)c(Cl)c2)c1. The number of hydrogen-bond acceptors (Lipinski definition) is 2. The molecule has 27 heavy (non-hydrogen) atoms. The molecule has 0 aromatic heterocycles. The summed E-state index contributed by atoms with van der Waals surface area (Å²) in [7, 11) is 0. The lowest BCUT2D eigenvalue weighted by Gasteiger charge is -2.14. The normalized spacial score (nSPS) is 10.7. The van der Waals surface area contributed by atoms with Gasteiger partial charge in [0.1, 0.15) is 6.61 Å². The Labute approximate surface area is 178 Å². The van der Waals surface area contributed by atoms with E-state index in [1.807, 2.05) is 36.4 Å². The molecule has 0 amide bonds. The highest BCUT2D eigenvalue weighted by Gasteiger charge is 2.11. The van der Waals surface area contributed by atoms with Crippen LogP contribution in [0.5, 0.6) is 5.75 Å². The van der Waals surface area contributed by atoms with E-state index in [2.05, 4.69) is 53.3 Å². The van der Waals surface area contributed by atoms with Crippen molar-refractivity contribution >= 4 is 44.8 Å². The molecule has 0 saturated carbocycles. The van der Waals surface area contributed by atoms with Gasteiger partial charge >= 0.3 is 0 Å². The van der Waals surface area contributed by atoms with E-state index in [-0.39, 0.29) is 0 Å². The third-order valence-electron chi connectivity index (χ3n) is 4.23. The van der Waals surface area contributed by atoms with E-state index in [9.17, 15) is 0 Å². The Morgan fingerprint density at radius 2 is 1.56 bits per heavy atom. The first-order valence-corrected chi connectivity index (χ1v) is 10.1. The number of rotatable bonds is 6. The highest BCUT2D eigenvalue weighted by molar-refractivity contribution is 9.10. The van der Waals surface area contributed by atoms with Gasteiger partial charge in [0.15, 0.2) is 5.75 Å². The van der Waals surface area contributed by atoms with Gasteiger partial charge in [0.05, 0.1) is 10.0 Å². The molecule has 3 aromatic carbocycles. The number of benzene rings is 3. The van der Waals surface area contributed by atoms with Crippen molar-refractivity contribution in [2.45, 2.75) is 27.0 Å². The second kappa shape index (κ2) is 9.01. The van der Waals surface area contributed by atoms with Crippen molar-refractivity contribution in [3.63, 3.8) is 0 Å². The molecule has 0 spiro atoms. The van der Waals surface area contributed by atoms with Gasteiger partial charge in [-0.2, -0.15) is 0 Å². The van der Waals surface area contributed by atoms with Gasteiger partial charge in [-0.15, -0.1) is 0 Å². The lowest BCUT2D eigenvalue weighted by atomic mass is 10.1. The van der Waals surface area contributed by atoms with Crippen molar-refractivity contribution in [2.75, 3.05) is 5.32 Å². The van der Waals surface area contributed by atoms with Crippen LogP contribution in [0, 0.1) is 13.8 Å². The van der Waals surface area contributed by atoms with Crippen LogP contribution < -0.4 is 10.1 Å². The highest BCUT2D eigenvalue weighted by Crippen LogP contribution is 2.35. The second-order valence-corrected chi connectivity index (χ2v) is 8.21. The van der Waals surface area contributed by atoms with Crippen LogP contribution in [0.15, 0.2) is 59.1 Å². The minimum atomic E-state index is 0.410. The molecular weight excluding hydrogens is 445 g/mol. The average molecular weight is 465 g/mol. The first kappa shape index (κ1) is 20.1. The average Bonchev–Trinajstić information content (AvgIpc) is 2.63. The number of aryl methyl sites for hydroxylation is 2. The summed E-state index contributed by atoms with van der Waals surface area (Å²) in [5.41, 5.74) is 5.58. The molecule has 0 atom stereocenters. The molecule has 0 aliphatic heterocycles. The molecule has 0 saturated heterocycles. The highest BCUT2D eigenvalue weighted by atomic mass is 79.9. The number of anilines is 1. The third-order valence-corrected chi connectivity index (χ3v) is 5.32. The summed E-state index contributed by atoms with van der Waals surface area (Å²) in [6, 6.07) is 18.1.